The average Bonchev–Trinajstić information content (AvgIpc) is 2.29. The molecular formula is C14H22O4. The first kappa shape index (κ1) is 16.4. The number of carbonyl (C=O) groups is 2. The molecule has 0 saturated carbocycles. The van der Waals surface area contributed by atoms with E-state index in [1.54, 1.807) is 13.0 Å². The summed E-state index contributed by atoms with van der Waals surface area (Å²) in [6.07, 6.45) is 8.89. The predicted octanol–water partition coefficient (Wildman–Crippen LogP) is 3.10. The Bertz CT molecular complexity index is 307. The molecule has 0 bridgehead atoms. The van der Waals surface area contributed by atoms with Gasteiger partial charge in [0.05, 0.1) is 12.3 Å². The van der Waals surface area contributed by atoms with Crippen molar-refractivity contribution >= 4 is 11.9 Å². The summed E-state index contributed by atoms with van der Waals surface area (Å²) in [6.45, 7) is 5.38. The van der Waals surface area contributed by atoms with Crippen LogP contribution >= 0.6 is 0 Å². The van der Waals surface area contributed by atoms with Crippen LogP contribution in [0.25, 0.3) is 0 Å². The monoisotopic (exact) mass is 254 g/mol. The van der Waals surface area contributed by atoms with Gasteiger partial charge in [-0.3, -0.25) is 9.59 Å². The van der Waals surface area contributed by atoms with Crippen LogP contribution in [0.5, 0.6) is 0 Å². The summed E-state index contributed by atoms with van der Waals surface area (Å²) in [5.41, 5.74) is 0. The van der Waals surface area contributed by atoms with Gasteiger partial charge in [-0.1, -0.05) is 38.2 Å². The molecule has 2 unspecified atom stereocenters. The summed E-state index contributed by atoms with van der Waals surface area (Å²) >= 11 is 0. The molecule has 0 aliphatic carbocycles. The minimum Gasteiger partial charge on any atom is -0.481 e. The van der Waals surface area contributed by atoms with Crippen LogP contribution in [0, 0.1) is 11.8 Å². The van der Waals surface area contributed by atoms with E-state index >= 15 is 0 Å². The molecule has 0 spiro atoms. The minimum atomic E-state index is -1.05. The molecule has 0 aromatic carbocycles. The second kappa shape index (κ2) is 9.45. The molecule has 0 aliphatic rings. The number of carboxylic acids is 2. The Balaban J connectivity index is 3.99. The molecule has 0 aromatic heterocycles. The van der Waals surface area contributed by atoms with Gasteiger partial charge >= 0.3 is 11.9 Å². The van der Waals surface area contributed by atoms with Crippen LogP contribution in [0.4, 0.5) is 0 Å². The maximum absolute atomic E-state index is 11.0. The van der Waals surface area contributed by atoms with Gasteiger partial charge in [0.15, 0.2) is 0 Å². The third-order valence-corrected chi connectivity index (χ3v) is 2.95. The third kappa shape index (κ3) is 7.65. The fraction of sp³-hybridized carbons (Fsp3) is 0.571. The van der Waals surface area contributed by atoms with Crippen molar-refractivity contribution < 1.29 is 19.8 Å². The molecule has 0 saturated heterocycles. The zero-order valence-electron chi connectivity index (χ0n) is 10.8. The number of rotatable bonds is 10. The van der Waals surface area contributed by atoms with Crippen molar-refractivity contribution in [2.75, 3.05) is 0 Å². The van der Waals surface area contributed by atoms with Crippen LogP contribution in [0.15, 0.2) is 24.8 Å². The van der Waals surface area contributed by atoms with Gasteiger partial charge in [-0.25, -0.2) is 0 Å². The molecular weight excluding hydrogens is 232 g/mol. The highest BCUT2D eigenvalue weighted by Crippen LogP contribution is 2.22. The van der Waals surface area contributed by atoms with Crippen LogP contribution in [-0.4, -0.2) is 22.2 Å². The smallest absolute Gasteiger partial charge is 0.307 e. The highest BCUT2D eigenvalue weighted by atomic mass is 16.4. The van der Waals surface area contributed by atoms with Gasteiger partial charge in [0.2, 0.25) is 0 Å². The van der Waals surface area contributed by atoms with E-state index in [4.69, 9.17) is 10.2 Å². The molecule has 18 heavy (non-hydrogen) atoms. The lowest BCUT2D eigenvalue weighted by molar-refractivity contribution is -0.150. The Kier molecular flexibility index (Phi) is 8.62. The number of unbranched alkanes of at least 4 members (excludes halogenated alkanes) is 2. The number of carboxylic acid groups (broad SMARTS) is 2. The summed E-state index contributed by atoms with van der Waals surface area (Å²) in [5, 5.41) is 17.6. The van der Waals surface area contributed by atoms with Gasteiger partial charge in [0.25, 0.3) is 0 Å². The zero-order valence-corrected chi connectivity index (χ0v) is 10.8. The predicted molar refractivity (Wildman–Crippen MR) is 70.3 cm³/mol. The number of hydrogen-bond acceptors (Lipinski definition) is 2. The largest absolute Gasteiger partial charge is 0.481 e. The molecule has 0 aliphatic heterocycles. The van der Waals surface area contributed by atoms with Gasteiger partial charge in [0.1, 0.15) is 0 Å². The van der Waals surface area contributed by atoms with Gasteiger partial charge in [-0.15, -0.1) is 0 Å². The maximum Gasteiger partial charge on any atom is 0.307 e. The first-order valence-electron chi connectivity index (χ1n) is 6.21. The lowest BCUT2D eigenvalue weighted by Crippen LogP contribution is -2.24. The standard InChI is InChI=1S/C14H22O4/c1-3-4-5-6-7-8-9-11(2)12(14(17)18)10-13(15)16/h3-5,11-12H,1,6-10H2,2H3,(H,15,16)(H,17,18). The van der Waals surface area contributed by atoms with Crippen molar-refractivity contribution in [3.63, 3.8) is 0 Å². The van der Waals surface area contributed by atoms with Gasteiger partial charge in [0, 0.05) is 0 Å². The van der Waals surface area contributed by atoms with E-state index in [2.05, 4.69) is 6.58 Å². The molecule has 0 aromatic rings. The molecule has 2 atom stereocenters. The molecule has 0 heterocycles. The summed E-state index contributed by atoms with van der Waals surface area (Å²) in [6, 6.07) is 0. The summed E-state index contributed by atoms with van der Waals surface area (Å²) in [5.74, 6) is -2.96. The first-order chi connectivity index (χ1) is 8.49. The minimum absolute atomic E-state index is 0.109. The number of aliphatic carboxylic acids is 2. The Morgan fingerprint density at radius 2 is 1.94 bits per heavy atom. The molecule has 0 rings (SSSR count). The molecule has 2 N–H and O–H groups in total. The Labute approximate surface area is 108 Å². The fourth-order valence-corrected chi connectivity index (χ4v) is 1.84. The molecule has 4 nitrogen and oxygen atoms in total. The van der Waals surface area contributed by atoms with E-state index in [1.807, 2.05) is 12.2 Å². The van der Waals surface area contributed by atoms with E-state index in [0.29, 0.717) is 0 Å². The molecule has 4 heteroatoms. The quantitative estimate of drug-likeness (QED) is 0.464. The Morgan fingerprint density at radius 1 is 1.28 bits per heavy atom. The molecule has 102 valence electrons. The maximum atomic E-state index is 11.0. The summed E-state index contributed by atoms with van der Waals surface area (Å²) in [4.78, 5) is 21.5. The van der Waals surface area contributed by atoms with Crippen molar-refractivity contribution in [3.8, 4) is 0 Å². The number of allylic oxidation sites excluding steroid dienone is 3. The van der Waals surface area contributed by atoms with E-state index in [9.17, 15) is 9.59 Å². The van der Waals surface area contributed by atoms with Gasteiger partial charge < -0.3 is 10.2 Å². The molecule has 0 amide bonds. The van der Waals surface area contributed by atoms with E-state index < -0.39 is 17.9 Å². The van der Waals surface area contributed by atoms with E-state index in [0.717, 1.165) is 25.7 Å². The van der Waals surface area contributed by atoms with Gasteiger partial charge in [-0.05, 0) is 25.2 Å². The zero-order chi connectivity index (χ0) is 14.0. The SMILES string of the molecule is C=CC=CCCCCC(C)C(CC(=O)O)C(=O)O. The highest BCUT2D eigenvalue weighted by Gasteiger charge is 2.26. The van der Waals surface area contributed by atoms with E-state index in [1.165, 1.54) is 0 Å². The second-order valence-electron chi connectivity index (χ2n) is 4.47. The van der Waals surface area contributed by atoms with Crippen molar-refractivity contribution in [3.05, 3.63) is 24.8 Å². The van der Waals surface area contributed by atoms with Crippen LogP contribution in [0.1, 0.15) is 39.0 Å². The van der Waals surface area contributed by atoms with Crippen LogP contribution in [-0.2, 0) is 9.59 Å². The highest BCUT2D eigenvalue weighted by molar-refractivity contribution is 5.77. The average molecular weight is 254 g/mol. The van der Waals surface area contributed by atoms with Crippen molar-refractivity contribution in [1.82, 2.24) is 0 Å². The van der Waals surface area contributed by atoms with Crippen LogP contribution < -0.4 is 0 Å². The molecule has 0 radical (unpaired) electrons. The lowest BCUT2D eigenvalue weighted by atomic mass is 9.87. The number of hydrogen-bond donors (Lipinski definition) is 2. The van der Waals surface area contributed by atoms with Crippen molar-refractivity contribution in [1.29, 1.82) is 0 Å². The third-order valence-electron chi connectivity index (χ3n) is 2.95. The van der Waals surface area contributed by atoms with Crippen LogP contribution in [0.2, 0.25) is 0 Å². The molecule has 0 fully saturated rings. The summed E-state index contributed by atoms with van der Waals surface area (Å²) < 4.78 is 0. The van der Waals surface area contributed by atoms with E-state index in [-0.39, 0.29) is 12.3 Å². The first-order valence-corrected chi connectivity index (χ1v) is 6.21. The Morgan fingerprint density at radius 3 is 2.44 bits per heavy atom. The fourth-order valence-electron chi connectivity index (χ4n) is 1.84. The lowest BCUT2D eigenvalue weighted by Gasteiger charge is -2.18. The Hall–Kier alpha value is -1.58. The van der Waals surface area contributed by atoms with Crippen molar-refractivity contribution in [2.45, 2.75) is 39.0 Å². The summed E-state index contributed by atoms with van der Waals surface area (Å²) in [7, 11) is 0. The van der Waals surface area contributed by atoms with Crippen molar-refractivity contribution in [2.24, 2.45) is 11.8 Å². The second-order valence-corrected chi connectivity index (χ2v) is 4.47. The normalized spacial score (nSPS) is 14.3. The van der Waals surface area contributed by atoms with Crippen LogP contribution in [0.3, 0.4) is 0 Å². The topological polar surface area (TPSA) is 74.6 Å². The van der Waals surface area contributed by atoms with Gasteiger partial charge in [-0.2, -0.15) is 0 Å².